The van der Waals surface area contributed by atoms with Crippen molar-refractivity contribution in [2.75, 3.05) is 11.4 Å². The first kappa shape index (κ1) is 11.3. The number of rotatable bonds is 1. The lowest BCUT2D eigenvalue weighted by molar-refractivity contribution is 0.957. The zero-order valence-corrected chi connectivity index (χ0v) is 11.3. The second-order valence-electron chi connectivity index (χ2n) is 5.19. The lowest BCUT2D eigenvalue weighted by atomic mass is 9.93. The summed E-state index contributed by atoms with van der Waals surface area (Å²) in [5, 5.41) is 0. The van der Waals surface area contributed by atoms with Gasteiger partial charge in [0.05, 0.1) is 0 Å². The van der Waals surface area contributed by atoms with E-state index in [2.05, 4.69) is 62.1 Å². The van der Waals surface area contributed by atoms with Gasteiger partial charge in [-0.2, -0.15) is 0 Å². The minimum atomic E-state index is 1.02. The third kappa shape index (κ3) is 1.71. The van der Waals surface area contributed by atoms with E-state index in [0.717, 1.165) is 13.0 Å². The van der Waals surface area contributed by atoms with Crippen molar-refractivity contribution in [3.05, 3.63) is 58.7 Å². The van der Waals surface area contributed by atoms with E-state index >= 15 is 0 Å². The maximum atomic E-state index is 2.42. The number of anilines is 2. The third-order valence-electron chi connectivity index (χ3n) is 3.75. The normalized spacial score (nSPS) is 13.2. The first-order valence-electron chi connectivity index (χ1n) is 6.65. The number of fused-ring (bicyclic) bond motifs is 2. The third-order valence-corrected chi connectivity index (χ3v) is 3.75. The molecule has 1 heteroatoms. The summed E-state index contributed by atoms with van der Waals surface area (Å²) in [7, 11) is 0. The van der Waals surface area contributed by atoms with Crippen molar-refractivity contribution in [1.29, 1.82) is 0 Å². The molecule has 0 saturated carbocycles. The van der Waals surface area contributed by atoms with Crippen LogP contribution < -0.4 is 4.90 Å². The minimum absolute atomic E-state index is 1.02. The Morgan fingerprint density at radius 1 is 0.889 bits per heavy atom. The van der Waals surface area contributed by atoms with Gasteiger partial charge in [-0.3, -0.25) is 0 Å². The Hall–Kier alpha value is -1.76. The van der Waals surface area contributed by atoms with Gasteiger partial charge in [0.15, 0.2) is 0 Å². The van der Waals surface area contributed by atoms with Crippen molar-refractivity contribution in [3.63, 3.8) is 0 Å². The van der Waals surface area contributed by atoms with Gasteiger partial charge < -0.3 is 4.90 Å². The molecule has 0 aliphatic carbocycles. The molecule has 0 spiro atoms. The Labute approximate surface area is 109 Å². The Morgan fingerprint density at radius 2 is 1.39 bits per heavy atom. The fourth-order valence-corrected chi connectivity index (χ4v) is 2.91. The Kier molecular flexibility index (Phi) is 2.62. The quantitative estimate of drug-likeness (QED) is 0.712. The molecule has 0 N–H and O–H groups in total. The van der Waals surface area contributed by atoms with Gasteiger partial charge in [0.25, 0.3) is 0 Å². The van der Waals surface area contributed by atoms with Gasteiger partial charge in [-0.05, 0) is 44.0 Å². The van der Waals surface area contributed by atoms with Crippen molar-refractivity contribution in [3.8, 4) is 0 Å². The molecule has 1 aliphatic heterocycles. The summed E-state index contributed by atoms with van der Waals surface area (Å²) in [5.74, 6) is 0. The highest BCUT2D eigenvalue weighted by atomic mass is 15.1. The summed E-state index contributed by atoms with van der Waals surface area (Å²) in [4.78, 5) is 2.42. The highest BCUT2D eigenvalue weighted by molar-refractivity contribution is 5.74. The van der Waals surface area contributed by atoms with Gasteiger partial charge in [-0.1, -0.05) is 35.4 Å². The van der Waals surface area contributed by atoms with Crippen LogP contribution in [0, 0.1) is 13.8 Å². The van der Waals surface area contributed by atoms with E-state index in [1.54, 1.807) is 0 Å². The van der Waals surface area contributed by atoms with E-state index in [0.29, 0.717) is 0 Å². The molecule has 92 valence electrons. The Balaban J connectivity index is 2.18. The molecule has 0 amide bonds. The minimum Gasteiger partial charge on any atom is -0.341 e. The average Bonchev–Trinajstić information content (AvgIpc) is 2.35. The van der Waals surface area contributed by atoms with Crippen LogP contribution in [-0.4, -0.2) is 6.54 Å². The molecule has 0 radical (unpaired) electrons. The van der Waals surface area contributed by atoms with E-state index in [9.17, 15) is 0 Å². The fraction of sp³-hybridized carbons (Fsp3) is 0.294. The van der Waals surface area contributed by atoms with Gasteiger partial charge in [-0.15, -0.1) is 0 Å². The molecule has 3 rings (SSSR count). The largest absolute Gasteiger partial charge is 0.341 e. The summed E-state index contributed by atoms with van der Waals surface area (Å²) < 4.78 is 0. The Morgan fingerprint density at radius 3 is 1.83 bits per heavy atom. The second kappa shape index (κ2) is 4.16. The molecule has 2 aromatic carbocycles. The van der Waals surface area contributed by atoms with Crippen molar-refractivity contribution < 1.29 is 0 Å². The molecular formula is C17H19N. The van der Waals surface area contributed by atoms with E-state index in [1.165, 1.54) is 33.6 Å². The summed E-state index contributed by atoms with van der Waals surface area (Å²) >= 11 is 0. The molecule has 1 nitrogen and oxygen atoms in total. The maximum Gasteiger partial charge on any atom is 0.0446 e. The molecular weight excluding hydrogens is 218 g/mol. The standard InChI is InChI=1S/C17H19N/c1-4-18-16-7-5-12(2)9-14(16)11-15-10-13(3)6-8-17(15)18/h5-10H,4,11H2,1-3H3. The van der Waals surface area contributed by atoms with Crippen LogP contribution in [0.5, 0.6) is 0 Å². The van der Waals surface area contributed by atoms with Crippen LogP contribution in [-0.2, 0) is 6.42 Å². The van der Waals surface area contributed by atoms with Gasteiger partial charge in [0, 0.05) is 24.3 Å². The summed E-state index contributed by atoms with van der Waals surface area (Å²) in [6.07, 6.45) is 1.06. The lowest BCUT2D eigenvalue weighted by Gasteiger charge is -2.33. The molecule has 0 unspecified atom stereocenters. The number of hydrogen-bond donors (Lipinski definition) is 0. The number of benzene rings is 2. The summed E-state index contributed by atoms with van der Waals surface area (Å²) in [6.45, 7) is 7.58. The number of hydrogen-bond acceptors (Lipinski definition) is 1. The molecule has 0 aromatic heterocycles. The lowest BCUT2D eigenvalue weighted by Crippen LogP contribution is -2.23. The van der Waals surface area contributed by atoms with Crippen LogP contribution in [0.4, 0.5) is 11.4 Å². The molecule has 1 heterocycles. The van der Waals surface area contributed by atoms with Crippen LogP contribution in [0.15, 0.2) is 36.4 Å². The highest BCUT2D eigenvalue weighted by Crippen LogP contribution is 2.38. The smallest absolute Gasteiger partial charge is 0.0446 e. The van der Waals surface area contributed by atoms with E-state index in [1.807, 2.05) is 0 Å². The molecule has 0 fully saturated rings. The first-order chi connectivity index (χ1) is 8.69. The summed E-state index contributed by atoms with van der Waals surface area (Å²) in [6, 6.07) is 13.6. The summed E-state index contributed by atoms with van der Waals surface area (Å²) in [5.41, 5.74) is 8.35. The van der Waals surface area contributed by atoms with Crippen LogP contribution in [0.2, 0.25) is 0 Å². The fourth-order valence-electron chi connectivity index (χ4n) is 2.91. The van der Waals surface area contributed by atoms with E-state index < -0.39 is 0 Å². The van der Waals surface area contributed by atoms with Crippen molar-refractivity contribution in [2.45, 2.75) is 27.2 Å². The van der Waals surface area contributed by atoms with Crippen LogP contribution in [0.1, 0.15) is 29.2 Å². The van der Waals surface area contributed by atoms with Crippen LogP contribution >= 0.6 is 0 Å². The molecule has 0 bridgehead atoms. The Bertz CT molecular complexity index is 547. The van der Waals surface area contributed by atoms with Crippen molar-refractivity contribution >= 4 is 11.4 Å². The zero-order chi connectivity index (χ0) is 12.7. The zero-order valence-electron chi connectivity index (χ0n) is 11.3. The molecule has 18 heavy (non-hydrogen) atoms. The van der Waals surface area contributed by atoms with Crippen molar-refractivity contribution in [1.82, 2.24) is 0 Å². The number of nitrogens with zero attached hydrogens (tertiary/aromatic N) is 1. The first-order valence-corrected chi connectivity index (χ1v) is 6.65. The van der Waals surface area contributed by atoms with Crippen LogP contribution in [0.3, 0.4) is 0 Å². The number of aryl methyl sites for hydroxylation is 2. The predicted octanol–water partition coefficient (Wildman–Crippen LogP) is 4.37. The molecule has 2 aromatic rings. The van der Waals surface area contributed by atoms with E-state index in [4.69, 9.17) is 0 Å². The SMILES string of the molecule is CCN1c2ccc(C)cc2Cc2cc(C)ccc21. The monoisotopic (exact) mass is 237 g/mol. The van der Waals surface area contributed by atoms with E-state index in [-0.39, 0.29) is 0 Å². The van der Waals surface area contributed by atoms with Gasteiger partial charge in [0.1, 0.15) is 0 Å². The predicted molar refractivity (Wildman–Crippen MR) is 77.8 cm³/mol. The van der Waals surface area contributed by atoms with Gasteiger partial charge in [-0.25, -0.2) is 0 Å². The average molecular weight is 237 g/mol. The second-order valence-corrected chi connectivity index (χ2v) is 5.19. The van der Waals surface area contributed by atoms with Gasteiger partial charge >= 0.3 is 0 Å². The van der Waals surface area contributed by atoms with Gasteiger partial charge in [0.2, 0.25) is 0 Å². The molecule has 1 aliphatic rings. The topological polar surface area (TPSA) is 3.24 Å². The maximum absolute atomic E-state index is 2.42. The van der Waals surface area contributed by atoms with Crippen molar-refractivity contribution in [2.24, 2.45) is 0 Å². The van der Waals surface area contributed by atoms with Crippen LogP contribution in [0.25, 0.3) is 0 Å². The molecule has 0 saturated heterocycles. The highest BCUT2D eigenvalue weighted by Gasteiger charge is 2.21. The molecule has 0 atom stereocenters.